The van der Waals surface area contributed by atoms with Crippen LogP contribution < -0.4 is 10.6 Å². The normalized spacial score (nSPS) is 18.3. The number of halogens is 1. The predicted molar refractivity (Wildman–Crippen MR) is 86.2 cm³/mol. The molecule has 0 aromatic heterocycles. The zero-order valence-electron chi connectivity index (χ0n) is 13.3. The van der Waals surface area contributed by atoms with Gasteiger partial charge in [0.2, 0.25) is 0 Å². The average Bonchev–Trinajstić information content (AvgIpc) is 2.45. The van der Waals surface area contributed by atoms with Crippen LogP contribution in [0.25, 0.3) is 0 Å². The van der Waals surface area contributed by atoms with Crippen LogP contribution in [-0.2, 0) is 0 Å². The predicted octanol–water partition coefficient (Wildman–Crippen LogP) is 1.53. The lowest BCUT2D eigenvalue weighted by molar-refractivity contribution is 0.229. The van der Waals surface area contributed by atoms with E-state index in [-0.39, 0.29) is 11.9 Å². The molecular formula is C16H27FN4. The fourth-order valence-corrected chi connectivity index (χ4v) is 2.81. The lowest BCUT2D eigenvalue weighted by atomic mass is 10.0. The number of rotatable bonds is 5. The molecule has 1 heterocycles. The summed E-state index contributed by atoms with van der Waals surface area (Å²) in [6, 6.07) is 4.97. The van der Waals surface area contributed by atoms with Gasteiger partial charge in [0.05, 0.1) is 0 Å². The first-order valence-electron chi connectivity index (χ1n) is 7.65. The van der Waals surface area contributed by atoms with E-state index in [1.165, 1.54) is 6.07 Å². The molecule has 0 amide bonds. The van der Waals surface area contributed by atoms with E-state index in [0.29, 0.717) is 5.56 Å². The Morgan fingerprint density at radius 1 is 1.24 bits per heavy atom. The fraction of sp³-hybridized carbons (Fsp3) is 0.625. The molecule has 1 atom stereocenters. The van der Waals surface area contributed by atoms with Gasteiger partial charge in [-0.15, -0.1) is 0 Å². The summed E-state index contributed by atoms with van der Waals surface area (Å²) in [5.41, 5.74) is 7.54. The first-order chi connectivity index (χ1) is 9.99. The van der Waals surface area contributed by atoms with Gasteiger partial charge in [-0.05, 0) is 33.2 Å². The van der Waals surface area contributed by atoms with Crippen LogP contribution in [0, 0.1) is 5.82 Å². The molecule has 1 fully saturated rings. The van der Waals surface area contributed by atoms with E-state index >= 15 is 0 Å². The highest BCUT2D eigenvalue weighted by Crippen LogP contribution is 2.28. The molecule has 2 rings (SSSR count). The van der Waals surface area contributed by atoms with Gasteiger partial charge in [0.25, 0.3) is 0 Å². The number of nitrogens with zero attached hydrogens (tertiary/aromatic N) is 3. The first-order valence-corrected chi connectivity index (χ1v) is 7.65. The molecule has 1 aromatic carbocycles. The Bertz CT molecular complexity index is 454. The van der Waals surface area contributed by atoms with Gasteiger partial charge in [0, 0.05) is 56.6 Å². The third kappa shape index (κ3) is 4.15. The Morgan fingerprint density at radius 2 is 1.90 bits per heavy atom. The molecule has 1 saturated heterocycles. The number of likely N-dealkylation sites (N-methyl/N-ethyl adjacent to an activating group) is 1. The highest BCUT2D eigenvalue weighted by molar-refractivity contribution is 5.55. The van der Waals surface area contributed by atoms with Crippen LogP contribution in [0.3, 0.4) is 0 Å². The van der Waals surface area contributed by atoms with Crippen molar-refractivity contribution in [2.24, 2.45) is 5.73 Å². The maximum absolute atomic E-state index is 14.0. The average molecular weight is 294 g/mol. The van der Waals surface area contributed by atoms with E-state index in [1.54, 1.807) is 6.07 Å². The zero-order chi connectivity index (χ0) is 15.4. The van der Waals surface area contributed by atoms with Crippen LogP contribution in [0.15, 0.2) is 18.2 Å². The third-order valence-electron chi connectivity index (χ3n) is 4.06. The second kappa shape index (κ2) is 7.20. The fourth-order valence-electron chi connectivity index (χ4n) is 2.81. The number of hydrogen-bond donors (Lipinski definition) is 1. The Hall–Kier alpha value is -1.17. The maximum Gasteiger partial charge on any atom is 0.130 e. The summed E-state index contributed by atoms with van der Waals surface area (Å²) in [6.07, 6.45) is 0. The minimum absolute atomic E-state index is 0.197. The standard InChI is InChI=1S/C16H27FN4/c1-13(18)16-14(17)5-4-6-15(16)21-11-9-20(10-12-21)8-7-19(2)3/h4-6,13H,7-12,18H2,1-3H3. The topological polar surface area (TPSA) is 35.7 Å². The molecule has 5 heteroatoms. The third-order valence-corrected chi connectivity index (χ3v) is 4.06. The molecule has 0 spiro atoms. The molecule has 1 aromatic rings. The highest BCUT2D eigenvalue weighted by atomic mass is 19.1. The first kappa shape index (κ1) is 16.2. The summed E-state index contributed by atoms with van der Waals surface area (Å²) in [5.74, 6) is -0.197. The van der Waals surface area contributed by atoms with Crippen molar-refractivity contribution in [3.8, 4) is 0 Å². The molecule has 4 nitrogen and oxygen atoms in total. The van der Waals surface area contributed by atoms with E-state index in [1.807, 2.05) is 13.0 Å². The lowest BCUT2D eigenvalue weighted by Gasteiger charge is -2.37. The van der Waals surface area contributed by atoms with Crippen molar-refractivity contribution in [2.75, 3.05) is 58.3 Å². The summed E-state index contributed by atoms with van der Waals surface area (Å²) in [5, 5.41) is 0. The van der Waals surface area contributed by atoms with Crippen molar-refractivity contribution in [2.45, 2.75) is 13.0 Å². The van der Waals surface area contributed by atoms with Gasteiger partial charge in [-0.2, -0.15) is 0 Å². The second-order valence-corrected chi connectivity index (χ2v) is 6.09. The van der Waals surface area contributed by atoms with Crippen molar-refractivity contribution >= 4 is 5.69 Å². The van der Waals surface area contributed by atoms with Gasteiger partial charge in [-0.3, -0.25) is 4.90 Å². The molecule has 1 aliphatic heterocycles. The minimum Gasteiger partial charge on any atom is -0.369 e. The van der Waals surface area contributed by atoms with Crippen LogP contribution in [0.2, 0.25) is 0 Å². The molecule has 0 radical (unpaired) electrons. The molecule has 21 heavy (non-hydrogen) atoms. The number of piperazine rings is 1. The van der Waals surface area contributed by atoms with Crippen molar-refractivity contribution in [3.63, 3.8) is 0 Å². The van der Waals surface area contributed by atoms with Crippen LogP contribution in [0.1, 0.15) is 18.5 Å². The van der Waals surface area contributed by atoms with Crippen molar-refractivity contribution in [1.82, 2.24) is 9.80 Å². The Morgan fingerprint density at radius 3 is 2.48 bits per heavy atom. The van der Waals surface area contributed by atoms with Gasteiger partial charge in [-0.25, -0.2) is 4.39 Å². The van der Waals surface area contributed by atoms with E-state index < -0.39 is 0 Å². The zero-order valence-corrected chi connectivity index (χ0v) is 13.3. The Labute approximate surface area is 127 Å². The largest absolute Gasteiger partial charge is 0.369 e. The quantitative estimate of drug-likeness (QED) is 0.893. The minimum atomic E-state index is -0.284. The van der Waals surface area contributed by atoms with E-state index in [0.717, 1.165) is 45.0 Å². The van der Waals surface area contributed by atoms with Gasteiger partial charge in [0.1, 0.15) is 5.82 Å². The van der Waals surface area contributed by atoms with Gasteiger partial charge >= 0.3 is 0 Å². The van der Waals surface area contributed by atoms with Crippen LogP contribution in [0.5, 0.6) is 0 Å². The molecule has 118 valence electrons. The molecular weight excluding hydrogens is 267 g/mol. The Balaban J connectivity index is 2.01. The van der Waals surface area contributed by atoms with E-state index in [9.17, 15) is 4.39 Å². The molecule has 0 saturated carbocycles. The summed E-state index contributed by atoms with van der Waals surface area (Å²) in [7, 11) is 4.19. The van der Waals surface area contributed by atoms with Crippen LogP contribution >= 0.6 is 0 Å². The maximum atomic E-state index is 14.0. The molecule has 1 unspecified atom stereocenters. The SMILES string of the molecule is CC(N)c1c(F)cccc1N1CCN(CCN(C)C)CC1. The highest BCUT2D eigenvalue weighted by Gasteiger charge is 2.21. The second-order valence-electron chi connectivity index (χ2n) is 6.09. The number of hydrogen-bond acceptors (Lipinski definition) is 4. The summed E-state index contributed by atoms with van der Waals surface area (Å²) < 4.78 is 14.0. The monoisotopic (exact) mass is 294 g/mol. The van der Waals surface area contributed by atoms with Gasteiger partial charge in [-0.1, -0.05) is 6.07 Å². The number of benzene rings is 1. The molecule has 2 N–H and O–H groups in total. The van der Waals surface area contributed by atoms with E-state index in [4.69, 9.17) is 5.73 Å². The Kier molecular flexibility index (Phi) is 5.56. The van der Waals surface area contributed by atoms with Gasteiger partial charge < -0.3 is 15.5 Å². The summed E-state index contributed by atoms with van der Waals surface area (Å²) in [4.78, 5) is 6.92. The summed E-state index contributed by atoms with van der Waals surface area (Å²) in [6.45, 7) is 7.89. The molecule has 0 bridgehead atoms. The van der Waals surface area contributed by atoms with Crippen LogP contribution in [0.4, 0.5) is 10.1 Å². The van der Waals surface area contributed by atoms with E-state index in [2.05, 4.69) is 28.8 Å². The molecule has 1 aliphatic rings. The number of nitrogens with two attached hydrogens (primary N) is 1. The van der Waals surface area contributed by atoms with Crippen molar-refractivity contribution in [1.29, 1.82) is 0 Å². The number of anilines is 1. The van der Waals surface area contributed by atoms with Crippen molar-refractivity contribution in [3.05, 3.63) is 29.6 Å². The molecule has 0 aliphatic carbocycles. The lowest BCUT2D eigenvalue weighted by Crippen LogP contribution is -2.48. The van der Waals surface area contributed by atoms with Crippen molar-refractivity contribution < 1.29 is 4.39 Å². The smallest absolute Gasteiger partial charge is 0.130 e. The van der Waals surface area contributed by atoms with Gasteiger partial charge in [0.15, 0.2) is 0 Å². The summed E-state index contributed by atoms with van der Waals surface area (Å²) >= 11 is 0. The van der Waals surface area contributed by atoms with Crippen LogP contribution in [-0.4, -0.2) is 63.2 Å².